The van der Waals surface area contributed by atoms with E-state index in [4.69, 9.17) is 5.11 Å². The topological polar surface area (TPSA) is 55.1 Å². The number of hydrogen-bond donors (Lipinski definition) is 1. The quantitative estimate of drug-likeness (QED) is 0.797. The minimum absolute atomic E-state index is 0.141. The maximum Gasteiger partial charge on any atom is 0.304 e. The normalized spacial score (nSPS) is 12.6. The van der Waals surface area contributed by atoms with Gasteiger partial charge in [-0.25, -0.2) is 4.98 Å². The molecule has 1 atom stereocenters. The Morgan fingerprint density at radius 3 is 3.06 bits per heavy atom. The van der Waals surface area contributed by atoms with E-state index in [9.17, 15) is 4.79 Å². The van der Waals surface area contributed by atoms with E-state index in [2.05, 4.69) is 16.5 Å². The predicted molar refractivity (Wildman–Crippen MR) is 65.5 cm³/mol. The van der Waals surface area contributed by atoms with E-state index in [0.29, 0.717) is 0 Å². The Labute approximate surface area is 100 Å². The summed E-state index contributed by atoms with van der Waals surface area (Å²) in [7, 11) is 0. The van der Waals surface area contributed by atoms with Crippen LogP contribution in [0, 0.1) is 0 Å². The number of aromatic nitrogens is 2. The zero-order valence-electron chi connectivity index (χ0n) is 9.72. The Balaban J connectivity index is 2.41. The highest BCUT2D eigenvalue weighted by molar-refractivity contribution is 7.99. The SMILES string of the molecule is CCCn1cncc1CSC(C)CC(=O)O. The van der Waals surface area contributed by atoms with Gasteiger partial charge in [0, 0.05) is 29.4 Å². The second kappa shape index (κ2) is 6.58. The lowest BCUT2D eigenvalue weighted by Gasteiger charge is -2.10. The molecule has 5 heteroatoms. The minimum Gasteiger partial charge on any atom is -0.481 e. The predicted octanol–water partition coefficient (Wildman–Crippen LogP) is 2.39. The first-order chi connectivity index (χ1) is 7.63. The summed E-state index contributed by atoms with van der Waals surface area (Å²) >= 11 is 1.66. The number of carboxylic acid groups (broad SMARTS) is 1. The molecule has 4 nitrogen and oxygen atoms in total. The van der Waals surface area contributed by atoms with Crippen LogP contribution in [-0.2, 0) is 17.1 Å². The molecule has 0 bridgehead atoms. The zero-order valence-corrected chi connectivity index (χ0v) is 10.5. The molecule has 0 aliphatic heterocycles. The Bertz CT molecular complexity index is 338. The van der Waals surface area contributed by atoms with E-state index in [1.807, 2.05) is 19.4 Å². The van der Waals surface area contributed by atoms with Crippen LogP contribution in [0.3, 0.4) is 0 Å². The molecule has 0 saturated carbocycles. The fourth-order valence-corrected chi connectivity index (χ4v) is 2.40. The van der Waals surface area contributed by atoms with E-state index in [1.165, 1.54) is 5.69 Å². The monoisotopic (exact) mass is 242 g/mol. The first-order valence-corrected chi connectivity index (χ1v) is 6.50. The highest BCUT2D eigenvalue weighted by Gasteiger charge is 2.09. The first-order valence-electron chi connectivity index (χ1n) is 5.46. The van der Waals surface area contributed by atoms with E-state index >= 15 is 0 Å². The Kier molecular flexibility index (Phi) is 5.38. The molecule has 0 amide bonds. The summed E-state index contributed by atoms with van der Waals surface area (Å²) in [4.78, 5) is 14.6. The molecule has 0 saturated heterocycles. The molecule has 1 unspecified atom stereocenters. The van der Waals surface area contributed by atoms with Crippen molar-refractivity contribution in [3.8, 4) is 0 Å². The number of rotatable bonds is 7. The van der Waals surface area contributed by atoms with Crippen LogP contribution in [0.4, 0.5) is 0 Å². The van der Waals surface area contributed by atoms with Gasteiger partial charge in [0.25, 0.3) is 0 Å². The van der Waals surface area contributed by atoms with Crippen LogP contribution in [-0.4, -0.2) is 25.9 Å². The summed E-state index contributed by atoms with van der Waals surface area (Å²) in [5.41, 5.74) is 1.17. The van der Waals surface area contributed by atoms with Gasteiger partial charge in [0.15, 0.2) is 0 Å². The smallest absolute Gasteiger partial charge is 0.304 e. The number of nitrogens with zero attached hydrogens (tertiary/aromatic N) is 2. The highest BCUT2D eigenvalue weighted by atomic mass is 32.2. The van der Waals surface area contributed by atoms with Gasteiger partial charge in [-0.15, -0.1) is 0 Å². The van der Waals surface area contributed by atoms with Crippen LogP contribution in [0.2, 0.25) is 0 Å². The molecule has 0 aliphatic rings. The van der Waals surface area contributed by atoms with Crippen molar-refractivity contribution in [1.82, 2.24) is 9.55 Å². The summed E-state index contributed by atoms with van der Waals surface area (Å²) in [5.74, 6) is 0.0936. The second-order valence-corrected chi connectivity index (χ2v) is 5.22. The molecule has 0 fully saturated rings. The summed E-state index contributed by atoms with van der Waals surface area (Å²) in [6.45, 7) is 5.05. The summed E-state index contributed by atoms with van der Waals surface area (Å²) in [6, 6.07) is 0. The Morgan fingerprint density at radius 1 is 1.69 bits per heavy atom. The molecule has 90 valence electrons. The Morgan fingerprint density at radius 2 is 2.44 bits per heavy atom. The molecule has 1 heterocycles. The summed E-state index contributed by atoms with van der Waals surface area (Å²) < 4.78 is 2.13. The second-order valence-electron chi connectivity index (χ2n) is 3.80. The van der Waals surface area contributed by atoms with Crippen LogP contribution in [0.25, 0.3) is 0 Å². The number of aliphatic carboxylic acids is 1. The summed E-state index contributed by atoms with van der Waals surface area (Å²) in [6.07, 6.45) is 4.99. The van der Waals surface area contributed by atoms with Crippen LogP contribution < -0.4 is 0 Å². The van der Waals surface area contributed by atoms with Gasteiger partial charge in [0.05, 0.1) is 12.7 Å². The van der Waals surface area contributed by atoms with Crippen molar-refractivity contribution in [3.63, 3.8) is 0 Å². The van der Waals surface area contributed by atoms with Gasteiger partial charge in [-0.05, 0) is 6.42 Å². The maximum atomic E-state index is 10.5. The average Bonchev–Trinajstić information content (AvgIpc) is 2.62. The van der Waals surface area contributed by atoms with E-state index in [-0.39, 0.29) is 11.7 Å². The summed E-state index contributed by atoms with van der Waals surface area (Å²) in [5, 5.41) is 8.79. The molecule has 1 aromatic heterocycles. The van der Waals surface area contributed by atoms with Gasteiger partial charge in [-0.2, -0.15) is 11.8 Å². The molecule has 1 aromatic rings. The lowest BCUT2D eigenvalue weighted by molar-refractivity contribution is -0.136. The number of thioether (sulfide) groups is 1. The number of carboxylic acids is 1. The van der Waals surface area contributed by atoms with Crippen LogP contribution in [0.5, 0.6) is 0 Å². The standard InChI is InChI=1S/C11H18N2O2S/c1-3-4-13-8-12-6-10(13)7-16-9(2)5-11(14)15/h6,8-9H,3-5,7H2,1-2H3,(H,14,15). The van der Waals surface area contributed by atoms with Crippen molar-refractivity contribution in [3.05, 3.63) is 18.2 Å². The molecule has 0 aromatic carbocycles. The molecule has 1 N–H and O–H groups in total. The zero-order chi connectivity index (χ0) is 12.0. The number of carbonyl (C=O) groups is 1. The Hall–Kier alpha value is -0.970. The number of imidazole rings is 1. The van der Waals surface area contributed by atoms with Crippen molar-refractivity contribution in [2.24, 2.45) is 0 Å². The van der Waals surface area contributed by atoms with Crippen molar-refractivity contribution in [2.45, 2.75) is 44.2 Å². The van der Waals surface area contributed by atoms with E-state index in [1.54, 1.807) is 11.8 Å². The maximum absolute atomic E-state index is 10.5. The van der Waals surface area contributed by atoms with Gasteiger partial charge in [0.1, 0.15) is 0 Å². The van der Waals surface area contributed by atoms with Crippen molar-refractivity contribution < 1.29 is 9.90 Å². The number of hydrogen-bond acceptors (Lipinski definition) is 3. The van der Waals surface area contributed by atoms with Crippen LogP contribution in [0.1, 0.15) is 32.4 Å². The van der Waals surface area contributed by atoms with Gasteiger partial charge in [0.2, 0.25) is 0 Å². The van der Waals surface area contributed by atoms with Crippen molar-refractivity contribution >= 4 is 17.7 Å². The van der Waals surface area contributed by atoms with Gasteiger partial charge < -0.3 is 9.67 Å². The van der Waals surface area contributed by atoms with Crippen LogP contribution in [0.15, 0.2) is 12.5 Å². The fourth-order valence-electron chi connectivity index (χ4n) is 1.44. The molecule has 16 heavy (non-hydrogen) atoms. The fraction of sp³-hybridized carbons (Fsp3) is 0.636. The average molecular weight is 242 g/mol. The van der Waals surface area contributed by atoms with Gasteiger partial charge in [-0.1, -0.05) is 13.8 Å². The first kappa shape index (κ1) is 13.1. The largest absolute Gasteiger partial charge is 0.481 e. The lowest BCUT2D eigenvalue weighted by atomic mass is 10.3. The van der Waals surface area contributed by atoms with E-state index in [0.717, 1.165) is 18.7 Å². The third kappa shape index (κ3) is 4.26. The van der Waals surface area contributed by atoms with E-state index < -0.39 is 5.97 Å². The van der Waals surface area contributed by atoms with Crippen molar-refractivity contribution in [1.29, 1.82) is 0 Å². The van der Waals surface area contributed by atoms with Gasteiger partial charge >= 0.3 is 5.97 Å². The minimum atomic E-state index is -0.734. The third-order valence-electron chi connectivity index (χ3n) is 2.24. The van der Waals surface area contributed by atoms with Crippen LogP contribution >= 0.6 is 11.8 Å². The highest BCUT2D eigenvalue weighted by Crippen LogP contribution is 2.19. The molecular formula is C11H18N2O2S. The lowest BCUT2D eigenvalue weighted by Crippen LogP contribution is -2.07. The van der Waals surface area contributed by atoms with Crippen molar-refractivity contribution in [2.75, 3.05) is 0 Å². The van der Waals surface area contributed by atoms with Gasteiger partial charge in [-0.3, -0.25) is 4.79 Å². The third-order valence-corrected chi connectivity index (χ3v) is 3.44. The molecule has 0 spiro atoms. The molecule has 0 aliphatic carbocycles. The number of aryl methyl sites for hydroxylation is 1. The molecule has 0 radical (unpaired) electrons. The molecular weight excluding hydrogens is 224 g/mol. The molecule has 1 rings (SSSR count).